The maximum absolute atomic E-state index is 13.3. The van der Waals surface area contributed by atoms with Crippen molar-refractivity contribution < 1.29 is 14.3 Å². The summed E-state index contributed by atoms with van der Waals surface area (Å²) in [4.78, 5) is 13.3. The number of carbonyl (C=O) groups is 1. The highest BCUT2D eigenvalue weighted by atomic mass is 35.5. The van der Waals surface area contributed by atoms with E-state index in [0.29, 0.717) is 41.6 Å². The summed E-state index contributed by atoms with van der Waals surface area (Å²) in [5.41, 5.74) is 10.7. The lowest BCUT2D eigenvalue weighted by atomic mass is 9.69. The number of ether oxygens (including phenoxy) is 2. The Morgan fingerprint density at radius 3 is 2.55 bits per heavy atom. The number of benzene rings is 2. The third kappa shape index (κ3) is 4.49. The van der Waals surface area contributed by atoms with Gasteiger partial charge in [-0.3, -0.25) is 4.79 Å². The summed E-state index contributed by atoms with van der Waals surface area (Å²) in [6, 6.07) is 13.5. The van der Waals surface area contributed by atoms with E-state index in [2.05, 4.69) is 12.1 Å². The van der Waals surface area contributed by atoms with E-state index in [0.717, 1.165) is 22.3 Å². The predicted molar refractivity (Wildman–Crippen MR) is 127 cm³/mol. The van der Waals surface area contributed by atoms with Crippen molar-refractivity contribution in [3.05, 3.63) is 86.5 Å². The molecule has 0 amide bonds. The van der Waals surface area contributed by atoms with Crippen LogP contribution in [0.15, 0.2) is 59.2 Å². The summed E-state index contributed by atoms with van der Waals surface area (Å²) in [5.74, 6) is 0.827. The molecule has 1 aliphatic carbocycles. The minimum Gasteiger partial charge on any atom is -0.489 e. The van der Waals surface area contributed by atoms with Crippen LogP contribution in [0, 0.1) is 30.6 Å². The standard InChI is InChI=1S/C27H27ClN2O3/c1-15-9-16(2)20(10-17(15)14-32-19-7-5-18(28)6-8-19)24-21(13-29)26(30)33-23-12-27(3,4)11-22(31)25(23)24/h5-10,24H,11-12,14,30H2,1-4H3. The largest absolute Gasteiger partial charge is 0.489 e. The second-order valence-electron chi connectivity index (χ2n) is 9.58. The normalized spacial score (nSPS) is 19.6. The average Bonchev–Trinajstić information content (AvgIpc) is 2.72. The van der Waals surface area contributed by atoms with Crippen molar-refractivity contribution in [3.63, 3.8) is 0 Å². The van der Waals surface area contributed by atoms with Gasteiger partial charge in [0, 0.05) is 23.4 Å². The van der Waals surface area contributed by atoms with E-state index in [-0.39, 0.29) is 22.7 Å². The van der Waals surface area contributed by atoms with Crippen molar-refractivity contribution in [2.45, 2.75) is 53.1 Å². The zero-order chi connectivity index (χ0) is 23.9. The van der Waals surface area contributed by atoms with Gasteiger partial charge < -0.3 is 15.2 Å². The fourth-order valence-electron chi connectivity index (χ4n) is 4.67. The first-order valence-electron chi connectivity index (χ1n) is 10.9. The van der Waals surface area contributed by atoms with Crippen molar-refractivity contribution in [2.24, 2.45) is 11.1 Å². The van der Waals surface area contributed by atoms with E-state index in [9.17, 15) is 10.1 Å². The van der Waals surface area contributed by atoms with E-state index >= 15 is 0 Å². The summed E-state index contributed by atoms with van der Waals surface area (Å²) >= 11 is 5.96. The number of halogens is 1. The molecular formula is C27H27ClN2O3. The molecule has 1 aliphatic heterocycles. The molecule has 0 radical (unpaired) electrons. The number of Topliss-reactive ketones (excluding diaryl/α,β-unsaturated/α-hetero) is 1. The Morgan fingerprint density at radius 1 is 1.18 bits per heavy atom. The molecule has 1 atom stereocenters. The second kappa shape index (κ2) is 8.61. The third-order valence-electron chi connectivity index (χ3n) is 6.32. The first-order valence-corrected chi connectivity index (χ1v) is 11.3. The smallest absolute Gasteiger partial charge is 0.205 e. The number of hydrogen-bond donors (Lipinski definition) is 1. The number of ketones is 1. The quantitative estimate of drug-likeness (QED) is 0.603. The van der Waals surface area contributed by atoms with Crippen LogP contribution >= 0.6 is 11.6 Å². The van der Waals surface area contributed by atoms with Crippen LogP contribution < -0.4 is 10.5 Å². The monoisotopic (exact) mass is 462 g/mol. The molecular weight excluding hydrogens is 436 g/mol. The number of hydrogen-bond acceptors (Lipinski definition) is 5. The molecule has 1 heterocycles. The van der Waals surface area contributed by atoms with Gasteiger partial charge in [-0.15, -0.1) is 0 Å². The van der Waals surface area contributed by atoms with Crippen molar-refractivity contribution in [3.8, 4) is 11.8 Å². The second-order valence-corrected chi connectivity index (χ2v) is 10.0. The van der Waals surface area contributed by atoms with Crippen LogP contribution in [0.4, 0.5) is 0 Å². The molecule has 4 rings (SSSR count). The Kier molecular flexibility index (Phi) is 5.99. The maximum Gasteiger partial charge on any atom is 0.205 e. The Hall–Kier alpha value is -3.23. The molecule has 5 nitrogen and oxygen atoms in total. The Labute approximate surface area is 199 Å². The van der Waals surface area contributed by atoms with Gasteiger partial charge in [0.2, 0.25) is 5.88 Å². The minimum absolute atomic E-state index is 0.00504. The molecule has 6 heteroatoms. The van der Waals surface area contributed by atoms with Crippen molar-refractivity contribution in [1.82, 2.24) is 0 Å². The third-order valence-corrected chi connectivity index (χ3v) is 6.57. The molecule has 2 aromatic rings. The van der Waals surface area contributed by atoms with Gasteiger partial charge in [-0.1, -0.05) is 37.6 Å². The average molecular weight is 463 g/mol. The molecule has 0 bridgehead atoms. The number of nitrogens with two attached hydrogens (primary N) is 1. The lowest BCUT2D eigenvalue weighted by molar-refractivity contribution is -0.119. The summed E-state index contributed by atoms with van der Waals surface area (Å²) in [7, 11) is 0. The molecule has 0 spiro atoms. The number of nitriles is 1. The lowest BCUT2D eigenvalue weighted by Crippen LogP contribution is -2.33. The fourth-order valence-corrected chi connectivity index (χ4v) is 4.80. The van der Waals surface area contributed by atoms with E-state index in [4.69, 9.17) is 26.8 Å². The number of carbonyl (C=O) groups excluding carboxylic acids is 1. The van der Waals surface area contributed by atoms with Crippen LogP contribution in [-0.2, 0) is 16.1 Å². The fraction of sp³-hybridized carbons (Fsp3) is 0.333. The zero-order valence-corrected chi connectivity index (χ0v) is 20.0. The van der Waals surface area contributed by atoms with Crippen molar-refractivity contribution in [1.29, 1.82) is 5.26 Å². The van der Waals surface area contributed by atoms with E-state index in [1.807, 2.05) is 45.9 Å². The van der Waals surface area contributed by atoms with Crippen molar-refractivity contribution in [2.75, 3.05) is 0 Å². The summed E-state index contributed by atoms with van der Waals surface area (Å²) in [5, 5.41) is 10.6. The Balaban J connectivity index is 1.77. The molecule has 0 saturated carbocycles. The molecule has 2 N–H and O–H groups in total. The number of allylic oxidation sites excluding steroid dienone is 3. The number of nitrogens with zero attached hydrogens (tertiary/aromatic N) is 1. The molecule has 2 aliphatic rings. The SMILES string of the molecule is Cc1cc(C)c(C2C(C#N)=C(N)OC3=C2C(=O)CC(C)(C)C3)cc1COc1ccc(Cl)cc1. The van der Waals surface area contributed by atoms with E-state index in [1.165, 1.54) is 0 Å². The van der Waals surface area contributed by atoms with Gasteiger partial charge in [-0.05, 0) is 65.8 Å². The highest BCUT2D eigenvalue weighted by Crippen LogP contribution is 2.48. The van der Waals surface area contributed by atoms with Crippen LogP contribution in [0.5, 0.6) is 5.75 Å². The van der Waals surface area contributed by atoms with Crippen molar-refractivity contribution >= 4 is 17.4 Å². The first kappa shape index (κ1) is 22.9. The van der Waals surface area contributed by atoms with Gasteiger partial charge in [-0.2, -0.15) is 5.26 Å². The lowest BCUT2D eigenvalue weighted by Gasteiger charge is -2.37. The van der Waals surface area contributed by atoms with Crippen LogP contribution in [-0.4, -0.2) is 5.78 Å². The molecule has 0 fully saturated rings. The van der Waals surface area contributed by atoms with E-state index < -0.39 is 5.92 Å². The summed E-state index contributed by atoms with van der Waals surface area (Å²) < 4.78 is 11.8. The van der Waals surface area contributed by atoms with Crippen LogP contribution in [0.25, 0.3) is 0 Å². The van der Waals surface area contributed by atoms with Gasteiger partial charge in [0.05, 0.1) is 5.92 Å². The maximum atomic E-state index is 13.3. The molecule has 170 valence electrons. The predicted octanol–water partition coefficient (Wildman–Crippen LogP) is 5.99. The van der Waals surface area contributed by atoms with Gasteiger partial charge in [0.1, 0.15) is 29.8 Å². The summed E-state index contributed by atoms with van der Waals surface area (Å²) in [6.07, 6.45) is 1.00. The first-order chi connectivity index (χ1) is 15.6. The van der Waals surface area contributed by atoms with E-state index in [1.54, 1.807) is 12.1 Å². The molecule has 0 aromatic heterocycles. The van der Waals surface area contributed by atoms with Crippen LogP contribution in [0.1, 0.15) is 54.9 Å². The summed E-state index contributed by atoms with van der Waals surface area (Å²) in [6.45, 7) is 8.43. The molecule has 2 aromatic carbocycles. The van der Waals surface area contributed by atoms with Gasteiger partial charge in [0.25, 0.3) is 0 Å². The highest BCUT2D eigenvalue weighted by molar-refractivity contribution is 6.30. The van der Waals surface area contributed by atoms with Gasteiger partial charge in [-0.25, -0.2) is 0 Å². The molecule has 33 heavy (non-hydrogen) atoms. The van der Waals surface area contributed by atoms with Gasteiger partial charge in [0.15, 0.2) is 5.78 Å². The Bertz CT molecular complexity index is 1230. The zero-order valence-electron chi connectivity index (χ0n) is 19.3. The van der Waals surface area contributed by atoms with Crippen LogP contribution in [0.3, 0.4) is 0 Å². The number of aryl methyl sites for hydroxylation is 2. The minimum atomic E-state index is -0.544. The molecule has 1 unspecified atom stereocenters. The Morgan fingerprint density at radius 2 is 1.88 bits per heavy atom. The topological polar surface area (TPSA) is 85.3 Å². The highest BCUT2D eigenvalue weighted by Gasteiger charge is 2.43. The van der Waals surface area contributed by atoms with Gasteiger partial charge >= 0.3 is 0 Å². The number of rotatable bonds is 4. The van der Waals surface area contributed by atoms with Crippen LogP contribution in [0.2, 0.25) is 5.02 Å². The molecule has 0 saturated heterocycles.